The van der Waals surface area contributed by atoms with Gasteiger partial charge >= 0.3 is 0 Å². The van der Waals surface area contributed by atoms with Crippen LogP contribution in [0.2, 0.25) is 0 Å². The van der Waals surface area contributed by atoms with Crippen LogP contribution in [-0.4, -0.2) is 16.6 Å². The third kappa shape index (κ3) is 2.40. The lowest BCUT2D eigenvalue weighted by Gasteiger charge is -2.27. The molecule has 1 heterocycles. The van der Waals surface area contributed by atoms with E-state index in [4.69, 9.17) is 10.5 Å². The molecular weight excluding hydrogens is 226 g/mol. The molecule has 2 rings (SSSR count). The molecule has 0 saturated heterocycles. The molecular formula is C14H23N3O. The maximum Gasteiger partial charge on any atom is 0.160 e. The summed E-state index contributed by atoms with van der Waals surface area (Å²) in [5, 5.41) is 0. The van der Waals surface area contributed by atoms with Crippen molar-refractivity contribution in [1.82, 2.24) is 9.97 Å². The molecule has 1 fully saturated rings. The molecule has 1 aromatic heterocycles. The molecule has 1 aliphatic rings. The van der Waals surface area contributed by atoms with Gasteiger partial charge in [0.05, 0.1) is 0 Å². The van der Waals surface area contributed by atoms with E-state index in [1.54, 1.807) is 0 Å². The van der Waals surface area contributed by atoms with Gasteiger partial charge in [-0.2, -0.15) is 0 Å². The molecule has 4 heteroatoms. The fraction of sp³-hybridized carbons (Fsp3) is 0.714. The molecule has 1 atom stereocenters. The van der Waals surface area contributed by atoms with Gasteiger partial charge in [0.2, 0.25) is 0 Å². The molecule has 1 unspecified atom stereocenters. The van der Waals surface area contributed by atoms with Crippen LogP contribution in [0.4, 0.5) is 0 Å². The molecule has 2 N–H and O–H groups in total. The molecule has 0 radical (unpaired) electrons. The van der Waals surface area contributed by atoms with Gasteiger partial charge in [0, 0.05) is 30.1 Å². The molecule has 1 aliphatic carbocycles. The standard InChI is InChI=1S/C14H23N3O/c1-4-18-14(7-5-6-8-14)13-16-9-12(10(2)15)11(3)17-13/h9-10H,4-8,15H2,1-3H3. The Kier molecular flexibility index (Phi) is 3.97. The molecule has 0 amide bonds. The van der Waals surface area contributed by atoms with Gasteiger partial charge in [0.1, 0.15) is 5.60 Å². The van der Waals surface area contributed by atoms with E-state index in [1.807, 2.05) is 27.0 Å². The first-order valence-electron chi connectivity index (χ1n) is 6.82. The molecule has 1 aromatic rings. The Hall–Kier alpha value is -1.00. The first kappa shape index (κ1) is 13.4. The van der Waals surface area contributed by atoms with Crippen LogP contribution in [0.1, 0.15) is 62.7 Å². The molecule has 0 aromatic carbocycles. The highest BCUT2D eigenvalue weighted by Crippen LogP contribution is 2.40. The highest BCUT2D eigenvalue weighted by Gasteiger charge is 2.39. The minimum absolute atomic E-state index is 0.0225. The molecule has 0 bridgehead atoms. The molecule has 100 valence electrons. The Morgan fingerprint density at radius 1 is 1.44 bits per heavy atom. The van der Waals surface area contributed by atoms with Crippen molar-refractivity contribution in [3.8, 4) is 0 Å². The van der Waals surface area contributed by atoms with Crippen molar-refractivity contribution in [3.63, 3.8) is 0 Å². The van der Waals surface area contributed by atoms with Gasteiger partial charge < -0.3 is 10.5 Å². The Balaban J connectivity index is 2.34. The molecule has 18 heavy (non-hydrogen) atoms. The van der Waals surface area contributed by atoms with Crippen molar-refractivity contribution in [2.24, 2.45) is 5.73 Å². The predicted molar refractivity (Wildman–Crippen MR) is 71.1 cm³/mol. The second-order valence-electron chi connectivity index (χ2n) is 5.16. The monoisotopic (exact) mass is 249 g/mol. The van der Waals surface area contributed by atoms with Gasteiger partial charge in [-0.25, -0.2) is 9.97 Å². The van der Waals surface area contributed by atoms with Gasteiger partial charge in [-0.3, -0.25) is 0 Å². The third-order valence-corrected chi connectivity index (χ3v) is 3.75. The summed E-state index contributed by atoms with van der Waals surface area (Å²) in [6, 6.07) is -0.0225. The van der Waals surface area contributed by atoms with Crippen LogP contribution in [0, 0.1) is 6.92 Å². The fourth-order valence-corrected chi connectivity index (χ4v) is 2.80. The lowest BCUT2D eigenvalue weighted by atomic mass is 10.00. The van der Waals surface area contributed by atoms with Gasteiger partial charge in [0.15, 0.2) is 5.82 Å². The van der Waals surface area contributed by atoms with E-state index < -0.39 is 0 Å². The number of nitrogens with zero attached hydrogens (tertiary/aromatic N) is 2. The Morgan fingerprint density at radius 3 is 2.61 bits per heavy atom. The van der Waals surface area contributed by atoms with Crippen LogP contribution in [-0.2, 0) is 10.3 Å². The quantitative estimate of drug-likeness (QED) is 0.891. The zero-order valence-electron chi connectivity index (χ0n) is 11.6. The number of nitrogens with two attached hydrogens (primary N) is 1. The van der Waals surface area contributed by atoms with Crippen molar-refractivity contribution in [3.05, 3.63) is 23.3 Å². The van der Waals surface area contributed by atoms with Crippen molar-refractivity contribution < 1.29 is 4.74 Å². The van der Waals surface area contributed by atoms with Gasteiger partial charge in [-0.05, 0) is 46.5 Å². The van der Waals surface area contributed by atoms with E-state index in [1.165, 1.54) is 12.8 Å². The lowest BCUT2D eigenvalue weighted by molar-refractivity contribution is -0.0458. The van der Waals surface area contributed by atoms with E-state index in [-0.39, 0.29) is 11.6 Å². The topological polar surface area (TPSA) is 61.0 Å². The smallest absolute Gasteiger partial charge is 0.160 e. The van der Waals surface area contributed by atoms with Crippen LogP contribution >= 0.6 is 0 Å². The zero-order chi connectivity index (χ0) is 13.2. The maximum absolute atomic E-state index is 5.98. The predicted octanol–water partition coefficient (Wildman–Crippen LogP) is 2.61. The summed E-state index contributed by atoms with van der Waals surface area (Å²) in [5.74, 6) is 0.837. The summed E-state index contributed by atoms with van der Waals surface area (Å²) in [4.78, 5) is 9.17. The summed E-state index contributed by atoms with van der Waals surface area (Å²) in [7, 11) is 0. The number of aromatic nitrogens is 2. The maximum atomic E-state index is 5.98. The second kappa shape index (κ2) is 5.33. The third-order valence-electron chi connectivity index (χ3n) is 3.75. The normalized spacial score (nSPS) is 20.0. The van der Waals surface area contributed by atoms with E-state index >= 15 is 0 Å². The number of aryl methyl sites for hydroxylation is 1. The summed E-state index contributed by atoms with van der Waals surface area (Å²) < 4.78 is 5.98. The van der Waals surface area contributed by atoms with Crippen LogP contribution < -0.4 is 5.73 Å². The van der Waals surface area contributed by atoms with Crippen molar-refractivity contribution in [2.45, 2.75) is 58.1 Å². The van der Waals surface area contributed by atoms with Gasteiger partial charge in [0.25, 0.3) is 0 Å². The first-order valence-corrected chi connectivity index (χ1v) is 6.82. The van der Waals surface area contributed by atoms with E-state index in [2.05, 4.69) is 9.97 Å². The van der Waals surface area contributed by atoms with Crippen molar-refractivity contribution in [1.29, 1.82) is 0 Å². The largest absolute Gasteiger partial charge is 0.367 e. The van der Waals surface area contributed by atoms with Crippen LogP contribution in [0.15, 0.2) is 6.20 Å². The van der Waals surface area contributed by atoms with E-state index in [0.717, 1.165) is 29.9 Å². The van der Waals surface area contributed by atoms with Crippen LogP contribution in [0.5, 0.6) is 0 Å². The lowest BCUT2D eigenvalue weighted by Crippen LogP contribution is -2.29. The number of hydrogen-bond acceptors (Lipinski definition) is 4. The summed E-state index contributed by atoms with van der Waals surface area (Å²) >= 11 is 0. The summed E-state index contributed by atoms with van der Waals surface area (Å²) in [5.41, 5.74) is 7.63. The zero-order valence-corrected chi connectivity index (χ0v) is 11.6. The Bertz CT molecular complexity index is 412. The van der Waals surface area contributed by atoms with E-state index in [0.29, 0.717) is 6.61 Å². The average molecular weight is 249 g/mol. The van der Waals surface area contributed by atoms with E-state index in [9.17, 15) is 0 Å². The van der Waals surface area contributed by atoms with Crippen molar-refractivity contribution in [2.75, 3.05) is 6.61 Å². The molecule has 0 aliphatic heterocycles. The Morgan fingerprint density at radius 2 is 2.11 bits per heavy atom. The number of rotatable bonds is 4. The molecule has 4 nitrogen and oxygen atoms in total. The molecule has 0 spiro atoms. The Labute approximate surface area is 109 Å². The van der Waals surface area contributed by atoms with Crippen molar-refractivity contribution >= 4 is 0 Å². The first-order chi connectivity index (χ1) is 8.59. The van der Waals surface area contributed by atoms with Crippen LogP contribution in [0.3, 0.4) is 0 Å². The SMILES string of the molecule is CCOC1(c2ncc(C(C)N)c(C)n2)CCCC1. The average Bonchev–Trinajstić information content (AvgIpc) is 2.78. The fourth-order valence-electron chi connectivity index (χ4n) is 2.80. The highest BCUT2D eigenvalue weighted by molar-refractivity contribution is 5.21. The second-order valence-corrected chi connectivity index (χ2v) is 5.16. The number of ether oxygens (including phenoxy) is 1. The molecule has 1 saturated carbocycles. The number of hydrogen-bond donors (Lipinski definition) is 1. The van der Waals surface area contributed by atoms with Gasteiger partial charge in [-0.1, -0.05) is 0 Å². The minimum Gasteiger partial charge on any atom is -0.367 e. The summed E-state index contributed by atoms with van der Waals surface area (Å²) in [6.07, 6.45) is 6.30. The van der Waals surface area contributed by atoms with Crippen LogP contribution in [0.25, 0.3) is 0 Å². The summed E-state index contributed by atoms with van der Waals surface area (Å²) in [6.45, 7) is 6.69. The highest BCUT2D eigenvalue weighted by atomic mass is 16.5. The van der Waals surface area contributed by atoms with Gasteiger partial charge in [-0.15, -0.1) is 0 Å². The minimum atomic E-state index is -0.254.